The van der Waals surface area contributed by atoms with Crippen molar-refractivity contribution in [2.75, 3.05) is 25.1 Å². The highest BCUT2D eigenvalue weighted by Gasteiger charge is 2.41. The van der Waals surface area contributed by atoms with Gasteiger partial charge < -0.3 is 99.7 Å². The van der Waals surface area contributed by atoms with Crippen LogP contribution in [0.15, 0.2) is 97.3 Å². The third kappa shape index (κ3) is 29.6. The lowest BCUT2D eigenvalue weighted by atomic mass is 9.83. The molecule has 1 saturated carbocycles. The zero-order valence-corrected chi connectivity index (χ0v) is 67.8. The summed E-state index contributed by atoms with van der Waals surface area (Å²) in [6.45, 7) is 9.39. The zero-order valence-electron chi connectivity index (χ0n) is 66.2. The number of aromatic hydroxyl groups is 2. The molecule has 7 rings (SSSR count). The predicted molar refractivity (Wildman–Crippen MR) is 435 cm³/mol. The molecule has 3 heterocycles. The highest BCUT2D eigenvalue weighted by molar-refractivity contribution is 7.98. The predicted octanol–water partition coefficient (Wildman–Crippen LogP) is 1.95. The van der Waals surface area contributed by atoms with E-state index in [1.807, 2.05) is 31.2 Å². The van der Waals surface area contributed by atoms with Gasteiger partial charge in [0.2, 0.25) is 70.9 Å². The van der Waals surface area contributed by atoms with E-state index >= 15 is 4.79 Å². The van der Waals surface area contributed by atoms with Gasteiger partial charge in [-0.3, -0.25) is 57.5 Å². The number of benzene rings is 3. The molecule has 2 bridgehead atoms. The summed E-state index contributed by atoms with van der Waals surface area (Å²) < 4.78 is 0. The minimum atomic E-state index is -1.80. The molecule has 5 aromatic rings. The van der Waals surface area contributed by atoms with Gasteiger partial charge in [-0.1, -0.05) is 108 Å². The monoisotopic (exact) mass is 1630 g/mol. The van der Waals surface area contributed by atoms with Crippen LogP contribution in [0.1, 0.15) is 153 Å². The van der Waals surface area contributed by atoms with E-state index in [9.17, 15) is 78.0 Å². The van der Waals surface area contributed by atoms with Gasteiger partial charge in [0, 0.05) is 79.4 Å². The summed E-state index contributed by atoms with van der Waals surface area (Å²) in [5, 5.41) is 76.3. The molecular formula is C81H113N15O17S2. The maximum atomic E-state index is 15.1. The molecule has 0 saturated heterocycles. The molecule has 2 aromatic heterocycles. The molecule has 34 heteroatoms. The third-order valence-corrected chi connectivity index (χ3v) is 22.2. The van der Waals surface area contributed by atoms with Gasteiger partial charge in [-0.05, 0) is 135 Å². The van der Waals surface area contributed by atoms with Crippen LogP contribution in [-0.2, 0) is 93.1 Å². The Morgan fingerprint density at radius 1 is 0.652 bits per heavy atom. The van der Waals surface area contributed by atoms with Crippen LogP contribution in [0.25, 0.3) is 11.0 Å². The normalized spacial score (nSPS) is 22.8. The smallest absolute Gasteiger partial charge is 0.245 e. The van der Waals surface area contributed by atoms with Crippen molar-refractivity contribution in [3.63, 3.8) is 0 Å². The number of fused-ring (bicyclic) bond motifs is 3. The first-order chi connectivity index (χ1) is 54.8. The second-order valence-corrected chi connectivity index (χ2v) is 32.6. The number of carbonyl (C=O) groups is 13. The number of aromatic nitrogens is 2. The van der Waals surface area contributed by atoms with Crippen molar-refractivity contribution in [2.45, 2.75) is 234 Å². The Bertz CT molecular complexity index is 4120. The van der Waals surface area contributed by atoms with E-state index in [-0.39, 0.29) is 88.0 Å². The number of aldehydes is 1. The first-order valence-electron chi connectivity index (χ1n) is 39.1. The number of nitrogens with zero attached hydrogens (tertiary/aromatic N) is 1. The maximum absolute atomic E-state index is 15.1. The number of hydrogen-bond acceptors (Lipinski definition) is 21. The van der Waals surface area contributed by atoms with Crippen LogP contribution in [0.5, 0.6) is 11.5 Å². The number of H-pyrrole nitrogens is 1. The van der Waals surface area contributed by atoms with Gasteiger partial charge in [0.15, 0.2) is 0 Å². The third-order valence-electron chi connectivity index (χ3n) is 20.1. The SMILES string of the molecule is CCC[C@@H](C=O)NC(=O)[C@H](Cc1c[nH]c2ncccc12)NC(=O)[C@H](NC(=O)[C@@H]1CCCCC(=O)NCC[C@H](NC)C(=O)N[C@@H](Cc2ccc(O)cc2)C(=O)N[C@@H](C2CCCCC2)C(=O)N[C@@H]([C@@H](C)O)C(=O)N[C@H](C(N)=O)CSCc2cccc(c2)CSCCC(=O)N[C@@H](C(C)(C)C)C(=O)N[C@@H](Cc2ccc(O)cc2)C(=O)N1)[C@@H](C)O. The number of carbonyl (C=O) groups excluding carboxylic acids is 13. The first-order valence-corrected chi connectivity index (χ1v) is 41.4. The molecular weight excluding hydrogens is 1520 g/mol. The number of aromatic amines is 1. The number of nitrogens with one attached hydrogen (secondary N) is 13. The second kappa shape index (κ2) is 45.8. The quantitative estimate of drug-likeness (QED) is 0.0495. The number of likely N-dealkylation sites (N-methyl/N-ethyl adjacent to an activating group) is 1. The molecule has 115 heavy (non-hydrogen) atoms. The maximum Gasteiger partial charge on any atom is 0.245 e. The average Bonchev–Trinajstić information content (AvgIpc) is 1.78. The lowest BCUT2D eigenvalue weighted by Gasteiger charge is -2.33. The van der Waals surface area contributed by atoms with Gasteiger partial charge in [-0.2, -0.15) is 23.5 Å². The fourth-order valence-electron chi connectivity index (χ4n) is 13.6. The van der Waals surface area contributed by atoms with E-state index in [2.05, 4.69) is 73.8 Å². The van der Waals surface area contributed by atoms with Gasteiger partial charge in [0.05, 0.1) is 24.3 Å². The molecule has 1 aliphatic carbocycles. The Labute approximate surface area is 678 Å². The minimum absolute atomic E-state index is 0.00699. The topological polar surface area (TPSA) is 502 Å². The molecule has 12 amide bonds. The van der Waals surface area contributed by atoms with Crippen molar-refractivity contribution >= 4 is 112 Å². The van der Waals surface area contributed by atoms with E-state index in [1.54, 1.807) is 57.4 Å². The molecule has 626 valence electrons. The molecule has 0 radical (unpaired) electrons. The van der Waals surface area contributed by atoms with Crippen LogP contribution < -0.4 is 69.5 Å². The van der Waals surface area contributed by atoms with Gasteiger partial charge >= 0.3 is 0 Å². The van der Waals surface area contributed by atoms with Crippen LogP contribution in [0, 0.1) is 11.3 Å². The Balaban J connectivity index is 1.18. The van der Waals surface area contributed by atoms with Gasteiger partial charge in [0.1, 0.15) is 77.8 Å². The number of rotatable bonds is 20. The molecule has 32 nitrogen and oxygen atoms in total. The largest absolute Gasteiger partial charge is 0.508 e. The van der Waals surface area contributed by atoms with E-state index in [4.69, 9.17) is 5.73 Å². The highest BCUT2D eigenvalue weighted by Crippen LogP contribution is 2.29. The minimum Gasteiger partial charge on any atom is -0.508 e. The average molecular weight is 1630 g/mol. The molecule has 13 atom stereocenters. The summed E-state index contributed by atoms with van der Waals surface area (Å²) in [5.41, 5.74) is 8.62. The Kier molecular flexibility index (Phi) is 36.7. The summed E-state index contributed by atoms with van der Waals surface area (Å²) in [7, 11) is 1.50. The Hall–Kier alpha value is -10.2. The number of thioether (sulfide) groups is 2. The van der Waals surface area contributed by atoms with Crippen LogP contribution in [0.2, 0.25) is 0 Å². The van der Waals surface area contributed by atoms with Gasteiger partial charge in [-0.15, -0.1) is 0 Å². The standard InChI is InChI=1S/C81H113N15O17S2/c1-8-16-54(42-97)87-74(107)62(40-53-41-86-71-57(53)21-15-34-85-71)90-77(110)66(46(2)98)94-73(106)59-22-12-13-23-64(102)84-35-32-58(83-7)72(105)89-61(39-49-26-30-56(101)31-27-49)76(109)96-68(52-19-10-9-11-20-52)79(112)95-67(47(3)99)78(111)92-63(70(82)104)45-115-44-51-18-14-17-50(37-51)43-114-36-33-65(103)93-69(81(4,5)6)80(113)91-60(75(108)88-59)38-48-24-28-55(100)29-25-48/h14-15,17-18,21,24-31,34,37,41-42,46-47,52,54,58-63,66-69,83,98-101H,8-13,16,19-20,22-23,32-33,35-36,38-40,43-45H2,1-7H3,(H2,82,104)(H,84,102)(H,85,86)(H,87,107)(H,88,108)(H,89,105)(H,90,110)(H,91,113)(H,92,111)(H,93,103)(H,94,106)(H,95,112)(H,96,109)/t46-,47-,54+,58+,59+,60+,61+,62+,63+,66-,67+,68+,69-/m1/s1. The number of phenolic OH excluding ortho intramolecular Hbond substituents is 2. The number of nitrogens with two attached hydrogens (primary N) is 1. The van der Waals surface area contributed by atoms with Crippen molar-refractivity contribution in [2.24, 2.45) is 17.1 Å². The van der Waals surface area contributed by atoms with Crippen molar-refractivity contribution in [1.29, 1.82) is 0 Å². The summed E-state index contributed by atoms with van der Waals surface area (Å²) >= 11 is 2.73. The van der Waals surface area contributed by atoms with Crippen LogP contribution >= 0.6 is 23.5 Å². The lowest BCUT2D eigenvalue weighted by molar-refractivity contribution is -0.137. The lowest BCUT2D eigenvalue weighted by Crippen LogP contribution is -2.62. The molecule has 1 fully saturated rings. The van der Waals surface area contributed by atoms with E-state index in [0.29, 0.717) is 83.4 Å². The van der Waals surface area contributed by atoms with Gasteiger partial charge in [0.25, 0.3) is 0 Å². The van der Waals surface area contributed by atoms with Crippen LogP contribution in [0.4, 0.5) is 0 Å². The molecule has 0 unspecified atom stereocenters. The first kappa shape index (κ1) is 92.0. The summed E-state index contributed by atoms with van der Waals surface area (Å²) in [5.74, 6) is -9.01. The van der Waals surface area contributed by atoms with Crippen molar-refractivity contribution in [3.8, 4) is 11.5 Å². The second-order valence-electron chi connectivity index (χ2n) is 30.5. The molecule has 2 aliphatic rings. The van der Waals surface area contributed by atoms with Crippen molar-refractivity contribution < 1.29 is 82.8 Å². The van der Waals surface area contributed by atoms with Crippen molar-refractivity contribution in [3.05, 3.63) is 125 Å². The summed E-state index contributed by atoms with van der Waals surface area (Å²) in [4.78, 5) is 191. The fraction of sp³-hybridized carbons (Fsp3) is 0.531. The van der Waals surface area contributed by atoms with Gasteiger partial charge in [-0.25, -0.2) is 4.98 Å². The van der Waals surface area contributed by atoms with Crippen LogP contribution in [0.3, 0.4) is 0 Å². The number of aliphatic hydroxyl groups is 2. The number of phenols is 2. The fourth-order valence-corrected chi connectivity index (χ4v) is 15.5. The zero-order chi connectivity index (χ0) is 83.9. The summed E-state index contributed by atoms with van der Waals surface area (Å²) in [6, 6.07) is 7.72. The Morgan fingerprint density at radius 3 is 1.87 bits per heavy atom. The molecule has 3 aromatic carbocycles. The number of aliphatic hydroxyl groups excluding tert-OH is 2. The van der Waals surface area contributed by atoms with Crippen molar-refractivity contribution in [1.82, 2.24) is 73.8 Å². The molecule has 1 aliphatic heterocycles. The number of hydrogen-bond donors (Lipinski definition) is 18. The molecule has 19 N–H and O–H groups in total. The van der Waals surface area contributed by atoms with E-state index < -0.39 is 161 Å². The molecule has 0 spiro atoms. The van der Waals surface area contributed by atoms with E-state index in [1.165, 1.54) is 80.8 Å². The summed E-state index contributed by atoms with van der Waals surface area (Å²) in [6.07, 6.45) is 3.86. The number of pyridine rings is 1. The number of primary amides is 1. The van der Waals surface area contributed by atoms with E-state index in [0.717, 1.165) is 17.5 Å². The van der Waals surface area contributed by atoms with Crippen LogP contribution in [-0.4, -0.2) is 211 Å². The number of amides is 12. The Morgan fingerprint density at radius 2 is 1.27 bits per heavy atom. The highest BCUT2D eigenvalue weighted by atomic mass is 32.2.